The third-order valence-corrected chi connectivity index (χ3v) is 20.1. The first kappa shape index (κ1) is 94.1. The molecule has 0 saturated heterocycles. The minimum Gasteiger partial charge on any atom is -0.462 e. The zero-order valence-electron chi connectivity index (χ0n) is 62.8. The van der Waals surface area contributed by atoms with Crippen LogP contribution in [0.1, 0.15) is 395 Å². The number of hydrogen-bond donors (Lipinski definition) is 3. The van der Waals surface area contributed by atoms with Crippen molar-refractivity contribution in [2.45, 2.75) is 414 Å². The summed E-state index contributed by atoms with van der Waals surface area (Å²) in [6.45, 7) is 11.9. The fourth-order valence-electron chi connectivity index (χ4n) is 11.7. The van der Waals surface area contributed by atoms with E-state index in [2.05, 4.69) is 48.5 Å². The van der Waals surface area contributed by atoms with Crippen LogP contribution in [0.2, 0.25) is 0 Å². The monoisotopic (exact) mass is 1410 g/mol. The lowest BCUT2D eigenvalue weighted by atomic mass is 9.99. The van der Waals surface area contributed by atoms with Gasteiger partial charge in [0.15, 0.2) is 12.2 Å². The third-order valence-electron chi connectivity index (χ3n) is 18.2. The highest BCUT2D eigenvalue weighted by Gasteiger charge is 2.30. The maximum atomic E-state index is 13.1. The molecule has 0 aliphatic heterocycles. The summed E-state index contributed by atoms with van der Waals surface area (Å²) in [5, 5.41) is 10.6. The molecule has 570 valence electrons. The number of rotatable bonds is 75. The van der Waals surface area contributed by atoms with Crippen LogP contribution in [0, 0.1) is 17.8 Å². The zero-order chi connectivity index (χ0) is 70.9. The number of aliphatic hydroxyl groups is 1. The summed E-state index contributed by atoms with van der Waals surface area (Å²) in [7, 11) is -9.91. The Kier molecular flexibility index (Phi) is 66.2. The van der Waals surface area contributed by atoms with Crippen LogP contribution in [-0.4, -0.2) is 96.7 Å². The number of phosphoric ester groups is 2. The molecule has 0 bridgehead atoms. The molecule has 6 atom stereocenters. The van der Waals surface area contributed by atoms with Gasteiger partial charge in [-0.1, -0.05) is 344 Å². The lowest BCUT2D eigenvalue weighted by Crippen LogP contribution is -2.30. The molecule has 0 aromatic carbocycles. The number of esters is 4. The van der Waals surface area contributed by atoms with Crippen LogP contribution in [0.5, 0.6) is 0 Å². The molecule has 0 heterocycles. The first-order valence-electron chi connectivity index (χ1n) is 39.9. The molecule has 0 aromatic rings. The smallest absolute Gasteiger partial charge is 0.462 e. The Morgan fingerprint density at radius 2 is 0.531 bits per heavy atom. The minimum atomic E-state index is -4.96. The Balaban J connectivity index is 5.22. The summed E-state index contributed by atoms with van der Waals surface area (Å²) in [6, 6.07) is 0. The molecule has 0 aliphatic carbocycles. The van der Waals surface area contributed by atoms with Gasteiger partial charge < -0.3 is 33.8 Å². The van der Waals surface area contributed by atoms with E-state index in [-0.39, 0.29) is 25.7 Å². The van der Waals surface area contributed by atoms with Gasteiger partial charge in [0.1, 0.15) is 19.3 Å². The predicted octanol–water partition coefficient (Wildman–Crippen LogP) is 22.6. The van der Waals surface area contributed by atoms with E-state index in [1.54, 1.807) is 0 Å². The summed E-state index contributed by atoms with van der Waals surface area (Å²) in [5.74, 6) is 0.252. The van der Waals surface area contributed by atoms with E-state index < -0.39 is 97.5 Å². The van der Waals surface area contributed by atoms with Crippen LogP contribution in [0.15, 0.2) is 0 Å². The van der Waals surface area contributed by atoms with Gasteiger partial charge in [-0.3, -0.25) is 37.3 Å². The first-order chi connectivity index (χ1) is 46.3. The molecule has 3 unspecified atom stereocenters. The third kappa shape index (κ3) is 69.2. The highest BCUT2D eigenvalue weighted by molar-refractivity contribution is 7.47. The van der Waals surface area contributed by atoms with Crippen molar-refractivity contribution >= 4 is 39.5 Å². The maximum Gasteiger partial charge on any atom is 0.472 e. The van der Waals surface area contributed by atoms with E-state index in [1.807, 2.05) is 0 Å². The Hall–Kier alpha value is -1.94. The van der Waals surface area contributed by atoms with Crippen LogP contribution in [0.25, 0.3) is 0 Å². The molecular formula is C77H150O17P2. The Labute approximate surface area is 588 Å². The summed E-state index contributed by atoms with van der Waals surface area (Å²) in [6.07, 6.45) is 54.1. The van der Waals surface area contributed by atoms with Gasteiger partial charge in [-0.25, -0.2) is 9.13 Å². The van der Waals surface area contributed by atoms with Crippen molar-refractivity contribution in [3.63, 3.8) is 0 Å². The lowest BCUT2D eigenvalue weighted by Gasteiger charge is -2.21. The number of carbonyl (C=O) groups is 4. The molecule has 19 heteroatoms. The van der Waals surface area contributed by atoms with Gasteiger partial charge in [0.25, 0.3) is 0 Å². The van der Waals surface area contributed by atoms with E-state index in [0.29, 0.717) is 25.7 Å². The molecule has 0 aromatic heterocycles. The number of ether oxygens (including phenoxy) is 4. The second-order valence-electron chi connectivity index (χ2n) is 28.9. The van der Waals surface area contributed by atoms with Crippen LogP contribution in [0.4, 0.5) is 0 Å². The van der Waals surface area contributed by atoms with E-state index in [0.717, 1.165) is 108 Å². The van der Waals surface area contributed by atoms with Gasteiger partial charge in [0, 0.05) is 25.7 Å². The Bertz CT molecular complexity index is 1870. The molecule has 96 heavy (non-hydrogen) atoms. The number of aliphatic hydroxyl groups excluding tert-OH is 1. The molecular weight excluding hydrogens is 1260 g/mol. The minimum absolute atomic E-state index is 0.104. The van der Waals surface area contributed by atoms with Crippen molar-refractivity contribution in [3.05, 3.63) is 0 Å². The average molecular weight is 1410 g/mol. The van der Waals surface area contributed by atoms with Crippen LogP contribution in [-0.2, 0) is 65.4 Å². The lowest BCUT2D eigenvalue weighted by molar-refractivity contribution is -0.161. The molecule has 0 amide bonds. The van der Waals surface area contributed by atoms with E-state index in [9.17, 15) is 43.2 Å². The molecule has 3 N–H and O–H groups in total. The van der Waals surface area contributed by atoms with Crippen molar-refractivity contribution in [1.82, 2.24) is 0 Å². The molecule has 0 radical (unpaired) electrons. The molecule has 0 rings (SSSR count). The second-order valence-corrected chi connectivity index (χ2v) is 31.8. The largest absolute Gasteiger partial charge is 0.472 e. The van der Waals surface area contributed by atoms with Gasteiger partial charge in [0.2, 0.25) is 0 Å². The Morgan fingerprint density at radius 3 is 0.792 bits per heavy atom. The van der Waals surface area contributed by atoms with Gasteiger partial charge in [-0.2, -0.15) is 0 Å². The van der Waals surface area contributed by atoms with Crippen molar-refractivity contribution in [1.29, 1.82) is 0 Å². The van der Waals surface area contributed by atoms with Gasteiger partial charge in [-0.15, -0.1) is 0 Å². The number of hydrogen-bond acceptors (Lipinski definition) is 15. The molecule has 0 fully saturated rings. The van der Waals surface area contributed by atoms with Gasteiger partial charge >= 0.3 is 39.5 Å². The molecule has 0 saturated carbocycles. The highest BCUT2D eigenvalue weighted by Crippen LogP contribution is 2.45. The number of unbranched alkanes of at least 4 members (excludes halogenated alkanes) is 42. The summed E-state index contributed by atoms with van der Waals surface area (Å²) < 4.78 is 68.5. The molecule has 17 nitrogen and oxygen atoms in total. The van der Waals surface area contributed by atoms with Crippen molar-refractivity contribution in [2.24, 2.45) is 17.8 Å². The molecule has 0 spiro atoms. The predicted molar refractivity (Wildman–Crippen MR) is 391 cm³/mol. The summed E-state index contributed by atoms with van der Waals surface area (Å²) in [4.78, 5) is 72.8. The van der Waals surface area contributed by atoms with Crippen LogP contribution < -0.4 is 0 Å². The van der Waals surface area contributed by atoms with Crippen molar-refractivity contribution in [3.8, 4) is 0 Å². The van der Waals surface area contributed by atoms with E-state index in [4.69, 9.17) is 37.0 Å². The van der Waals surface area contributed by atoms with Crippen LogP contribution >= 0.6 is 15.6 Å². The summed E-state index contributed by atoms with van der Waals surface area (Å²) in [5.41, 5.74) is 0. The van der Waals surface area contributed by atoms with Crippen molar-refractivity contribution in [2.75, 3.05) is 39.6 Å². The maximum absolute atomic E-state index is 13.1. The van der Waals surface area contributed by atoms with Crippen LogP contribution in [0.3, 0.4) is 0 Å². The fraction of sp³-hybridized carbons (Fsp3) is 0.948. The van der Waals surface area contributed by atoms with E-state index >= 15 is 0 Å². The van der Waals surface area contributed by atoms with Gasteiger partial charge in [0.05, 0.1) is 26.4 Å². The topological polar surface area (TPSA) is 237 Å². The Morgan fingerprint density at radius 1 is 0.302 bits per heavy atom. The van der Waals surface area contributed by atoms with Crippen molar-refractivity contribution < 1.29 is 80.2 Å². The quantitative estimate of drug-likeness (QED) is 0.0222. The summed E-state index contributed by atoms with van der Waals surface area (Å²) >= 11 is 0. The number of carbonyl (C=O) groups excluding carboxylic acids is 4. The number of phosphoric acid groups is 2. The highest BCUT2D eigenvalue weighted by atomic mass is 31.2. The molecule has 0 aliphatic rings. The first-order valence-corrected chi connectivity index (χ1v) is 42.9. The average Bonchev–Trinajstić information content (AvgIpc) is 2.63. The SMILES string of the molecule is CCCCCCCCCCCC(=O)OC[C@H](COP(=O)(O)OC[C@H](O)COP(=O)(O)OC[C@@H](COC(=O)CCCCCCCCCCCCCCCCC(C)CC)OC(=O)CCCCCCCCCCCCCCCCCC(C)C)OC(=O)CCCCCCCCCCC(C)C. The fourth-order valence-corrected chi connectivity index (χ4v) is 13.3. The van der Waals surface area contributed by atoms with E-state index in [1.165, 1.54) is 205 Å². The standard InChI is InChI=1S/C77H150O17P2/c1-8-10-11-12-13-27-37-44-51-58-74(79)87-64-73(94-77(82)61-54-47-40-33-32-35-42-49-56-69(5)6)67-92-96(85,86)90-63-71(78)62-89-95(83,84)91-66-72(93-76(81)60-53-46-39-31-26-22-16-14-15-19-23-28-34-41-48-55-68(3)4)65-88-75(80)59-52-45-38-30-25-21-18-17-20-24-29-36-43-50-57-70(7)9-2/h68-73,78H,8-67H2,1-7H3,(H,83,84)(H,85,86)/t70?,71-,72-,73-/m1/s1. The normalized spacial score (nSPS) is 14.3. The second kappa shape index (κ2) is 67.5. The zero-order valence-corrected chi connectivity index (χ0v) is 64.6. The van der Waals surface area contributed by atoms with Gasteiger partial charge in [-0.05, 0) is 43.4 Å².